The second-order valence-corrected chi connectivity index (χ2v) is 4.66. The molecule has 0 saturated carbocycles. The lowest BCUT2D eigenvalue weighted by Gasteiger charge is -2.29. The predicted molar refractivity (Wildman–Crippen MR) is 75.8 cm³/mol. The van der Waals surface area contributed by atoms with Gasteiger partial charge in [0.25, 0.3) is 0 Å². The highest BCUT2D eigenvalue weighted by atomic mass is 16.5. The fourth-order valence-electron chi connectivity index (χ4n) is 2.11. The molecule has 1 aliphatic rings. The summed E-state index contributed by atoms with van der Waals surface area (Å²) in [5.74, 6) is 1.55. The molecule has 6 heteroatoms. The van der Waals surface area contributed by atoms with E-state index in [1.54, 1.807) is 6.33 Å². The zero-order chi connectivity index (χ0) is 13.5. The van der Waals surface area contributed by atoms with Crippen molar-refractivity contribution in [2.45, 2.75) is 6.92 Å². The maximum absolute atomic E-state index is 5.39. The van der Waals surface area contributed by atoms with Crippen LogP contribution in [0.1, 0.15) is 6.92 Å². The Hall–Kier alpha value is -1.40. The molecule has 0 radical (unpaired) electrons. The Kier molecular flexibility index (Phi) is 5.35. The van der Waals surface area contributed by atoms with Crippen molar-refractivity contribution in [2.24, 2.45) is 0 Å². The van der Waals surface area contributed by atoms with Crippen molar-refractivity contribution in [1.29, 1.82) is 0 Å². The summed E-state index contributed by atoms with van der Waals surface area (Å²) in [6.45, 7) is 9.03. The Morgan fingerprint density at radius 2 is 2.16 bits per heavy atom. The van der Waals surface area contributed by atoms with Gasteiger partial charge in [0.05, 0.1) is 6.61 Å². The molecular weight excluding hydrogens is 242 g/mol. The van der Waals surface area contributed by atoms with E-state index < -0.39 is 0 Å². The molecule has 2 heterocycles. The summed E-state index contributed by atoms with van der Waals surface area (Å²) in [5, 5.41) is 3.36. The van der Waals surface area contributed by atoms with Crippen molar-refractivity contribution >= 4 is 5.82 Å². The van der Waals surface area contributed by atoms with E-state index in [0.717, 1.165) is 45.1 Å². The first-order valence-electron chi connectivity index (χ1n) is 6.88. The van der Waals surface area contributed by atoms with Crippen LogP contribution in [-0.2, 0) is 0 Å². The van der Waals surface area contributed by atoms with Crippen LogP contribution in [0.15, 0.2) is 12.4 Å². The fraction of sp³-hybridized carbons (Fsp3) is 0.692. The number of ether oxygens (including phenoxy) is 1. The van der Waals surface area contributed by atoms with Gasteiger partial charge in [-0.2, -0.15) is 0 Å². The summed E-state index contributed by atoms with van der Waals surface area (Å²) < 4.78 is 5.39. The van der Waals surface area contributed by atoms with Gasteiger partial charge in [0.2, 0.25) is 5.88 Å². The number of nitrogens with zero attached hydrogens (tertiary/aromatic N) is 4. The van der Waals surface area contributed by atoms with Gasteiger partial charge in [-0.1, -0.05) is 0 Å². The van der Waals surface area contributed by atoms with Gasteiger partial charge in [0.15, 0.2) is 0 Å². The van der Waals surface area contributed by atoms with Crippen molar-refractivity contribution in [3.63, 3.8) is 0 Å². The SMILES string of the molecule is CCOc1cc(N(C)CCN2CCNCC2)ncn1. The van der Waals surface area contributed by atoms with Crippen LogP contribution in [0.5, 0.6) is 5.88 Å². The van der Waals surface area contributed by atoms with Crippen molar-refractivity contribution in [1.82, 2.24) is 20.2 Å². The Balaban J connectivity index is 1.84. The second-order valence-electron chi connectivity index (χ2n) is 4.66. The molecule has 19 heavy (non-hydrogen) atoms. The average Bonchev–Trinajstić information content (AvgIpc) is 2.46. The Labute approximate surface area is 114 Å². The minimum atomic E-state index is 0.626. The number of nitrogens with one attached hydrogen (secondary N) is 1. The molecule has 0 atom stereocenters. The van der Waals surface area contributed by atoms with E-state index in [1.165, 1.54) is 0 Å². The number of rotatable bonds is 6. The van der Waals surface area contributed by atoms with E-state index in [1.807, 2.05) is 13.0 Å². The van der Waals surface area contributed by atoms with E-state index in [9.17, 15) is 0 Å². The van der Waals surface area contributed by atoms with Crippen LogP contribution in [-0.4, -0.2) is 67.8 Å². The van der Waals surface area contributed by atoms with E-state index in [2.05, 4.69) is 32.1 Å². The van der Waals surface area contributed by atoms with Gasteiger partial charge in [0.1, 0.15) is 12.1 Å². The number of hydrogen-bond acceptors (Lipinski definition) is 6. The first-order chi connectivity index (χ1) is 9.29. The lowest BCUT2D eigenvalue weighted by molar-refractivity contribution is 0.246. The van der Waals surface area contributed by atoms with Crippen LogP contribution < -0.4 is 15.0 Å². The maximum atomic E-state index is 5.39. The van der Waals surface area contributed by atoms with Gasteiger partial charge in [-0.15, -0.1) is 0 Å². The maximum Gasteiger partial charge on any atom is 0.218 e. The second kappa shape index (κ2) is 7.25. The normalized spacial score (nSPS) is 16.3. The van der Waals surface area contributed by atoms with Crippen molar-refractivity contribution in [3.8, 4) is 5.88 Å². The summed E-state index contributed by atoms with van der Waals surface area (Å²) >= 11 is 0. The van der Waals surface area contributed by atoms with Crippen molar-refractivity contribution in [3.05, 3.63) is 12.4 Å². The van der Waals surface area contributed by atoms with Gasteiger partial charge >= 0.3 is 0 Å². The first-order valence-corrected chi connectivity index (χ1v) is 6.88. The molecule has 0 unspecified atom stereocenters. The first kappa shape index (κ1) is 14.0. The standard InChI is InChI=1S/C13H23N5O/c1-3-19-13-10-12(15-11-16-13)17(2)8-9-18-6-4-14-5-7-18/h10-11,14H,3-9H2,1-2H3. The minimum Gasteiger partial charge on any atom is -0.478 e. The molecule has 106 valence electrons. The van der Waals surface area contributed by atoms with E-state index in [-0.39, 0.29) is 0 Å². The number of piperazine rings is 1. The average molecular weight is 265 g/mol. The van der Waals surface area contributed by atoms with E-state index in [4.69, 9.17) is 4.74 Å². The Bertz CT molecular complexity index is 381. The van der Waals surface area contributed by atoms with Crippen molar-refractivity contribution in [2.75, 3.05) is 57.8 Å². The van der Waals surface area contributed by atoms with Gasteiger partial charge in [-0.25, -0.2) is 9.97 Å². The quantitative estimate of drug-likeness (QED) is 0.794. The monoisotopic (exact) mass is 265 g/mol. The topological polar surface area (TPSA) is 53.5 Å². The lowest BCUT2D eigenvalue weighted by Crippen LogP contribution is -2.46. The fourth-order valence-corrected chi connectivity index (χ4v) is 2.11. The molecule has 0 aromatic carbocycles. The van der Waals surface area contributed by atoms with Crippen molar-refractivity contribution < 1.29 is 4.74 Å². The molecule has 1 N–H and O–H groups in total. The third kappa shape index (κ3) is 4.33. The minimum absolute atomic E-state index is 0.626. The third-order valence-electron chi connectivity index (χ3n) is 3.27. The van der Waals surface area contributed by atoms with E-state index in [0.29, 0.717) is 12.5 Å². The van der Waals surface area contributed by atoms with Gasteiger partial charge in [0, 0.05) is 52.4 Å². The zero-order valence-corrected chi connectivity index (χ0v) is 11.8. The highest BCUT2D eigenvalue weighted by Gasteiger charge is 2.11. The molecule has 0 aliphatic carbocycles. The van der Waals surface area contributed by atoms with Gasteiger partial charge in [-0.05, 0) is 6.92 Å². The summed E-state index contributed by atoms with van der Waals surface area (Å²) in [6, 6.07) is 1.89. The van der Waals surface area contributed by atoms with Crippen LogP contribution in [0.25, 0.3) is 0 Å². The molecular formula is C13H23N5O. The molecule has 1 aliphatic heterocycles. The highest BCUT2D eigenvalue weighted by Crippen LogP contribution is 2.14. The van der Waals surface area contributed by atoms with Crippen LogP contribution in [0.4, 0.5) is 5.82 Å². The highest BCUT2D eigenvalue weighted by molar-refractivity contribution is 5.39. The molecule has 6 nitrogen and oxygen atoms in total. The lowest BCUT2D eigenvalue weighted by atomic mass is 10.3. The van der Waals surface area contributed by atoms with Crippen LogP contribution in [0.2, 0.25) is 0 Å². The number of anilines is 1. The number of hydrogen-bond donors (Lipinski definition) is 1. The summed E-state index contributed by atoms with van der Waals surface area (Å²) in [6.07, 6.45) is 1.56. The predicted octanol–water partition coefficient (Wildman–Crippen LogP) is 0.217. The Morgan fingerprint density at radius 3 is 2.89 bits per heavy atom. The molecule has 0 amide bonds. The van der Waals surface area contributed by atoms with E-state index >= 15 is 0 Å². The molecule has 0 spiro atoms. The number of aromatic nitrogens is 2. The summed E-state index contributed by atoms with van der Waals surface area (Å²) in [7, 11) is 2.06. The molecule has 1 fully saturated rings. The molecule has 1 saturated heterocycles. The summed E-state index contributed by atoms with van der Waals surface area (Å²) in [4.78, 5) is 13.0. The molecule has 1 aromatic heterocycles. The van der Waals surface area contributed by atoms with Gasteiger partial charge < -0.3 is 15.0 Å². The van der Waals surface area contributed by atoms with Crippen LogP contribution in [0.3, 0.4) is 0 Å². The smallest absolute Gasteiger partial charge is 0.218 e. The zero-order valence-electron chi connectivity index (χ0n) is 11.8. The summed E-state index contributed by atoms with van der Waals surface area (Å²) in [5.41, 5.74) is 0. The van der Waals surface area contributed by atoms with Crippen LogP contribution in [0, 0.1) is 0 Å². The molecule has 2 rings (SSSR count). The number of likely N-dealkylation sites (N-methyl/N-ethyl adjacent to an activating group) is 1. The molecule has 1 aromatic rings. The molecule has 0 bridgehead atoms. The van der Waals surface area contributed by atoms with Crippen LogP contribution >= 0.6 is 0 Å². The third-order valence-corrected chi connectivity index (χ3v) is 3.27. The Morgan fingerprint density at radius 1 is 1.37 bits per heavy atom. The van der Waals surface area contributed by atoms with Gasteiger partial charge in [-0.3, -0.25) is 4.90 Å². The largest absolute Gasteiger partial charge is 0.478 e.